The van der Waals surface area contributed by atoms with Gasteiger partial charge in [0.2, 0.25) is 0 Å². The van der Waals surface area contributed by atoms with Gasteiger partial charge in [-0.3, -0.25) is 9.59 Å². The van der Waals surface area contributed by atoms with Crippen LogP contribution in [-0.2, 0) is 9.59 Å². The average Bonchev–Trinajstić information content (AvgIpc) is 2.24. The van der Waals surface area contributed by atoms with Crippen LogP contribution in [0.2, 0.25) is 0 Å². The smallest absolute Gasteiger partial charge is 0.199 e. The van der Waals surface area contributed by atoms with Crippen molar-refractivity contribution in [3.63, 3.8) is 0 Å². The molecule has 0 amide bonds. The molecule has 0 aliphatic heterocycles. The van der Waals surface area contributed by atoms with Gasteiger partial charge in [0.05, 0.1) is 5.57 Å². The number of allylic oxidation sites excluding steroid dienone is 2. The summed E-state index contributed by atoms with van der Waals surface area (Å²) in [5.41, 5.74) is -0.291. The maximum Gasteiger partial charge on any atom is 0.199 e. The Morgan fingerprint density at radius 1 is 1.31 bits per heavy atom. The van der Waals surface area contributed by atoms with E-state index < -0.39 is 17.3 Å². The van der Waals surface area contributed by atoms with Crippen molar-refractivity contribution >= 4 is 11.6 Å². The second-order valence-corrected chi connectivity index (χ2v) is 3.68. The van der Waals surface area contributed by atoms with Crippen LogP contribution in [0.5, 0.6) is 0 Å². The SMILES string of the molecule is C=C1C(O)=C(C)C(=O)C(C(=O)CCC)=C1O. The van der Waals surface area contributed by atoms with Crippen LogP contribution in [0.25, 0.3) is 0 Å². The van der Waals surface area contributed by atoms with E-state index in [4.69, 9.17) is 0 Å². The van der Waals surface area contributed by atoms with E-state index >= 15 is 0 Å². The first-order valence-corrected chi connectivity index (χ1v) is 5.02. The highest BCUT2D eigenvalue weighted by Crippen LogP contribution is 2.29. The summed E-state index contributed by atoms with van der Waals surface area (Å²) in [7, 11) is 0. The minimum atomic E-state index is -0.624. The molecule has 0 spiro atoms. The van der Waals surface area contributed by atoms with Crippen molar-refractivity contribution in [3.05, 3.63) is 34.8 Å². The lowest BCUT2D eigenvalue weighted by Crippen LogP contribution is -2.22. The molecule has 16 heavy (non-hydrogen) atoms. The fraction of sp³-hybridized carbons (Fsp3) is 0.333. The van der Waals surface area contributed by atoms with Crippen LogP contribution in [0.3, 0.4) is 0 Å². The van der Waals surface area contributed by atoms with Crippen LogP contribution >= 0.6 is 0 Å². The molecule has 0 radical (unpaired) electrons. The number of aliphatic hydroxyl groups is 2. The zero-order chi connectivity index (χ0) is 12.5. The highest BCUT2D eigenvalue weighted by atomic mass is 16.3. The third kappa shape index (κ3) is 1.78. The largest absolute Gasteiger partial charge is 0.507 e. The minimum absolute atomic E-state index is 0.0438. The molecule has 0 aromatic carbocycles. The van der Waals surface area contributed by atoms with Crippen molar-refractivity contribution in [3.8, 4) is 0 Å². The van der Waals surface area contributed by atoms with Crippen molar-refractivity contribution in [2.45, 2.75) is 26.7 Å². The number of carbonyl (C=O) groups excluding carboxylic acids is 2. The lowest BCUT2D eigenvalue weighted by atomic mass is 9.88. The van der Waals surface area contributed by atoms with Gasteiger partial charge >= 0.3 is 0 Å². The molecule has 4 heteroatoms. The fourth-order valence-electron chi connectivity index (χ4n) is 1.50. The van der Waals surface area contributed by atoms with Crippen LogP contribution < -0.4 is 0 Å². The van der Waals surface area contributed by atoms with E-state index in [2.05, 4.69) is 6.58 Å². The number of ketones is 2. The third-order valence-electron chi connectivity index (χ3n) is 2.49. The predicted octanol–water partition coefficient (Wildman–Crippen LogP) is 2.14. The van der Waals surface area contributed by atoms with E-state index in [-0.39, 0.29) is 28.9 Å². The van der Waals surface area contributed by atoms with Crippen molar-refractivity contribution in [2.24, 2.45) is 0 Å². The molecule has 0 aromatic heterocycles. The Bertz CT molecular complexity index is 438. The Balaban J connectivity index is 3.24. The van der Waals surface area contributed by atoms with Crippen LogP contribution in [0, 0.1) is 0 Å². The zero-order valence-corrected chi connectivity index (χ0v) is 9.33. The van der Waals surface area contributed by atoms with E-state index in [0.29, 0.717) is 6.42 Å². The molecular formula is C12H14O4. The topological polar surface area (TPSA) is 74.6 Å². The van der Waals surface area contributed by atoms with Crippen LogP contribution in [0.1, 0.15) is 26.7 Å². The van der Waals surface area contributed by atoms with Crippen LogP contribution in [0.4, 0.5) is 0 Å². The van der Waals surface area contributed by atoms with Crippen LogP contribution in [-0.4, -0.2) is 21.8 Å². The zero-order valence-electron chi connectivity index (χ0n) is 9.33. The highest BCUT2D eigenvalue weighted by molar-refractivity contribution is 6.27. The van der Waals surface area contributed by atoms with Gasteiger partial charge in [0, 0.05) is 12.0 Å². The number of Topliss-reactive ketones (excluding diaryl/α,β-unsaturated/α-hetero) is 2. The van der Waals surface area contributed by atoms with E-state index in [0.717, 1.165) is 0 Å². The van der Waals surface area contributed by atoms with Crippen molar-refractivity contribution in [1.29, 1.82) is 0 Å². The molecule has 1 aliphatic rings. The second kappa shape index (κ2) is 4.35. The minimum Gasteiger partial charge on any atom is -0.507 e. The summed E-state index contributed by atoms with van der Waals surface area (Å²) in [4.78, 5) is 23.3. The molecule has 0 atom stereocenters. The number of hydrogen-bond acceptors (Lipinski definition) is 4. The first-order valence-electron chi connectivity index (χ1n) is 5.02. The molecular weight excluding hydrogens is 208 g/mol. The van der Waals surface area contributed by atoms with Gasteiger partial charge in [-0.15, -0.1) is 0 Å². The van der Waals surface area contributed by atoms with Gasteiger partial charge in [-0.05, 0) is 13.3 Å². The molecule has 86 valence electrons. The predicted molar refractivity (Wildman–Crippen MR) is 59.0 cm³/mol. The number of hydrogen-bond donors (Lipinski definition) is 2. The van der Waals surface area contributed by atoms with Crippen molar-refractivity contribution < 1.29 is 19.8 Å². The maximum absolute atomic E-state index is 11.7. The van der Waals surface area contributed by atoms with E-state index in [1.807, 2.05) is 0 Å². The van der Waals surface area contributed by atoms with Gasteiger partial charge in [0.1, 0.15) is 17.1 Å². The Hall–Kier alpha value is -1.84. The second-order valence-electron chi connectivity index (χ2n) is 3.68. The van der Waals surface area contributed by atoms with Gasteiger partial charge in [0.15, 0.2) is 11.6 Å². The number of aliphatic hydroxyl groups excluding tert-OH is 2. The van der Waals surface area contributed by atoms with Gasteiger partial charge in [0.25, 0.3) is 0 Å². The molecule has 4 nitrogen and oxygen atoms in total. The fourth-order valence-corrected chi connectivity index (χ4v) is 1.50. The molecule has 0 saturated carbocycles. The Morgan fingerprint density at radius 2 is 1.88 bits per heavy atom. The van der Waals surface area contributed by atoms with Gasteiger partial charge in [-0.2, -0.15) is 0 Å². The van der Waals surface area contributed by atoms with Crippen LogP contribution in [0.15, 0.2) is 34.8 Å². The summed E-state index contributed by atoms with van der Waals surface area (Å²) in [6.45, 7) is 6.63. The lowest BCUT2D eigenvalue weighted by molar-refractivity contribution is -0.120. The van der Waals surface area contributed by atoms with Gasteiger partial charge in [-0.25, -0.2) is 0 Å². The Labute approximate surface area is 93.6 Å². The summed E-state index contributed by atoms with van der Waals surface area (Å²) in [5, 5.41) is 19.1. The van der Waals surface area contributed by atoms with E-state index in [1.54, 1.807) is 6.92 Å². The average molecular weight is 222 g/mol. The normalized spacial score (nSPS) is 17.1. The third-order valence-corrected chi connectivity index (χ3v) is 2.49. The first kappa shape index (κ1) is 12.2. The summed E-state index contributed by atoms with van der Waals surface area (Å²) in [6, 6.07) is 0. The van der Waals surface area contributed by atoms with E-state index in [9.17, 15) is 19.8 Å². The summed E-state index contributed by atoms with van der Waals surface area (Å²) < 4.78 is 0. The molecule has 0 unspecified atom stereocenters. The quantitative estimate of drug-likeness (QED) is 0.717. The number of carbonyl (C=O) groups is 2. The van der Waals surface area contributed by atoms with Crippen molar-refractivity contribution in [2.75, 3.05) is 0 Å². The molecule has 0 aromatic rings. The molecule has 0 saturated heterocycles. The van der Waals surface area contributed by atoms with Gasteiger partial charge in [-0.1, -0.05) is 13.5 Å². The molecule has 2 N–H and O–H groups in total. The first-order chi connectivity index (χ1) is 7.41. The number of rotatable bonds is 3. The lowest BCUT2D eigenvalue weighted by Gasteiger charge is -2.17. The molecule has 1 rings (SSSR count). The van der Waals surface area contributed by atoms with Gasteiger partial charge < -0.3 is 10.2 Å². The Morgan fingerprint density at radius 3 is 2.38 bits per heavy atom. The summed E-state index contributed by atoms with van der Waals surface area (Å²) in [5.74, 6) is -1.90. The van der Waals surface area contributed by atoms with Crippen molar-refractivity contribution in [1.82, 2.24) is 0 Å². The Kier molecular flexibility index (Phi) is 3.32. The molecule has 0 heterocycles. The standard InChI is InChI=1S/C12H14O4/c1-4-5-8(13)9-11(15)6(2)10(14)7(3)12(9)16/h14-15H,2,4-5H2,1,3H3. The van der Waals surface area contributed by atoms with E-state index in [1.165, 1.54) is 6.92 Å². The monoisotopic (exact) mass is 222 g/mol. The molecule has 0 bridgehead atoms. The summed E-state index contributed by atoms with van der Waals surface area (Å²) in [6.07, 6.45) is 0.774. The molecule has 1 aliphatic carbocycles. The maximum atomic E-state index is 11.7. The summed E-state index contributed by atoms with van der Waals surface area (Å²) >= 11 is 0. The molecule has 0 fully saturated rings. The highest BCUT2D eigenvalue weighted by Gasteiger charge is 2.32.